The molecule has 0 saturated carbocycles. The number of amides is 2. The van der Waals surface area contributed by atoms with E-state index < -0.39 is 6.09 Å². The van der Waals surface area contributed by atoms with Crippen LogP contribution in [0.25, 0.3) is 0 Å². The summed E-state index contributed by atoms with van der Waals surface area (Å²) in [6, 6.07) is 14.7. The second kappa shape index (κ2) is 9.23. The van der Waals surface area contributed by atoms with E-state index in [1.54, 1.807) is 31.2 Å². The molecule has 2 amide bonds. The maximum Gasteiger partial charge on any atom is 0.411 e. The average Bonchev–Trinajstić information content (AvgIpc) is 2.70. The second-order valence-corrected chi connectivity index (χ2v) is 6.68. The van der Waals surface area contributed by atoms with E-state index >= 15 is 0 Å². The van der Waals surface area contributed by atoms with Crippen molar-refractivity contribution in [1.29, 1.82) is 0 Å². The first-order valence-corrected chi connectivity index (χ1v) is 9.44. The van der Waals surface area contributed by atoms with Gasteiger partial charge in [-0.1, -0.05) is 12.1 Å². The lowest BCUT2D eigenvalue weighted by Gasteiger charge is -2.34. The minimum Gasteiger partial charge on any atom is -0.450 e. The maximum absolute atomic E-state index is 12.7. The topological polar surface area (TPSA) is 73.9 Å². The standard InChI is InChI=1S/C21H26N4O3/c1-3-28-21(27)23-19-7-5-4-6-18(19)20(26)22-16-8-10-17(11-9-16)25-14-12-24(2)13-15-25/h4-11H,3,12-15H2,1-2H3,(H,22,26)(H,23,27). The Morgan fingerprint density at radius 3 is 2.32 bits per heavy atom. The number of benzene rings is 2. The van der Waals surface area contributed by atoms with E-state index in [9.17, 15) is 9.59 Å². The van der Waals surface area contributed by atoms with Crippen molar-refractivity contribution in [2.24, 2.45) is 0 Å². The van der Waals surface area contributed by atoms with Crippen LogP contribution < -0.4 is 15.5 Å². The lowest BCUT2D eigenvalue weighted by molar-refractivity contribution is 0.102. The monoisotopic (exact) mass is 382 g/mol. The van der Waals surface area contributed by atoms with Crippen LogP contribution in [-0.2, 0) is 4.74 Å². The molecular formula is C21H26N4O3. The lowest BCUT2D eigenvalue weighted by atomic mass is 10.1. The Balaban J connectivity index is 1.66. The van der Waals surface area contributed by atoms with Crippen molar-refractivity contribution in [2.75, 3.05) is 55.4 Å². The number of ether oxygens (including phenoxy) is 1. The normalized spacial score (nSPS) is 14.4. The molecule has 28 heavy (non-hydrogen) atoms. The predicted molar refractivity (Wildman–Crippen MR) is 111 cm³/mol. The Kier molecular flexibility index (Phi) is 6.49. The lowest BCUT2D eigenvalue weighted by Crippen LogP contribution is -2.44. The van der Waals surface area contributed by atoms with Crippen molar-refractivity contribution in [3.8, 4) is 0 Å². The molecule has 1 aliphatic rings. The number of hydrogen-bond acceptors (Lipinski definition) is 5. The van der Waals surface area contributed by atoms with Gasteiger partial charge in [-0.3, -0.25) is 10.1 Å². The van der Waals surface area contributed by atoms with Gasteiger partial charge in [-0.15, -0.1) is 0 Å². The molecule has 7 heteroatoms. The van der Waals surface area contributed by atoms with Crippen LogP contribution in [0.1, 0.15) is 17.3 Å². The summed E-state index contributed by atoms with van der Waals surface area (Å²) in [4.78, 5) is 29.0. The van der Waals surface area contributed by atoms with E-state index in [1.807, 2.05) is 24.3 Å². The molecule has 148 valence electrons. The van der Waals surface area contributed by atoms with Gasteiger partial charge >= 0.3 is 6.09 Å². The van der Waals surface area contributed by atoms with E-state index in [4.69, 9.17) is 4.74 Å². The highest BCUT2D eigenvalue weighted by molar-refractivity contribution is 6.09. The summed E-state index contributed by atoms with van der Waals surface area (Å²) in [6.45, 7) is 6.07. The van der Waals surface area contributed by atoms with Crippen molar-refractivity contribution in [3.63, 3.8) is 0 Å². The molecule has 7 nitrogen and oxygen atoms in total. The molecule has 3 rings (SSSR count). The first-order chi connectivity index (χ1) is 13.6. The highest BCUT2D eigenvalue weighted by Gasteiger charge is 2.16. The third kappa shape index (κ3) is 5.01. The van der Waals surface area contributed by atoms with Crippen LogP contribution in [0.4, 0.5) is 21.9 Å². The van der Waals surface area contributed by atoms with Gasteiger partial charge in [0.2, 0.25) is 0 Å². The molecule has 0 aromatic heterocycles. The fourth-order valence-corrected chi connectivity index (χ4v) is 3.09. The molecule has 1 saturated heterocycles. The Morgan fingerprint density at radius 1 is 0.964 bits per heavy atom. The van der Waals surface area contributed by atoms with Crippen LogP contribution in [0.3, 0.4) is 0 Å². The minimum atomic E-state index is -0.584. The molecule has 0 unspecified atom stereocenters. The first-order valence-electron chi connectivity index (χ1n) is 9.44. The van der Waals surface area contributed by atoms with Gasteiger partial charge in [0.1, 0.15) is 0 Å². The third-order valence-corrected chi connectivity index (χ3v) is 4.68. The molecule has 2 N–H and O–H groups in total. The van der Waals surface area contributed by atoms with Gasteiger partial charge in [0.15, 0.2) is 0 Å². The SMILES string of the molecule is CCOC(=O)Nc1ccccc1C(=O)Nc1ccc(N2CCN(C)CC2)cc1. The van der Waals surface area contributed by atoms with Crippen LogP contribution in [0.2, 0.25) is 0 Å². The molecule has 0 aliphatic carbocycles. The summed E-state index contributed by atoms with van der Waals surface area (Å²) >= 11 is 0. The molecular weight excluding hydrogens is 356 g/mol. The van der Waals surface area contributed by atoms with Crippen LogP contribution in [0, 0.1) is 0 Å². The minimum absolute atomic E-state index is 0.264. The number of carbonyl (C=O) groups is 2. The third-order valence-electron chi connectivity index (χ3n) is 4.68. The number of para-hydroxylation sites is 1. The number of nitrogens with one attached hydrogen (secondary N) is 2. The Labute approximate surface area is 165 Å². The summed E-state index contributed by atoms with van der Waals surface area (Å²) in [6.07, 6.45) is -0.584. The molecule has 1 fully saturated rings. The quantitative estimate of drug-likeness (QED) is 0.830. The summed E-state index contributed by atoms with van der Waals surface area (Å²) in [5.74, 6) is -0.292. The van der Waals surface area contributed by atoms with Crippen LogP contribution in [0.15, 0.2) is 48.5 Å². The Morgan fingerprint density at radius 2 is 1.64 bits per heavy atom. The number of nitrogens with zero attached hydrogens (tertiary/aromatic N) is 2. The predicted octanol–water partition coefficient (Wildman–Crippen LogP) is 3.26. The highest BCUT2D eigenvalue weighted by atomic mass is 16.5. The Bertz CT molecular complexity index is 815. The van der Waals surface area contributed by atoms with Crippen molar-refractivity contribution in [1.82, 2.24) is 4.90 Å². The molecule has 0 spiro atoms. The fourth-order valence-electron chi connectivity index (χ4n) is 3.09. The number of rotatable bonds is 5. The molecule has 2 aromatic carbocycles. The molecule has 2 aromatic rings. The zero-order chi connectivity index (χ0) is 19.9. The van der Waals surface area contributed by atoms with E-state index in [-0.39, 0.29) is 12.5 Å². The summed E-state index contributed by atoms with van der Waals surface area (Å²) in [7, 11) is 2.13. The van der Waals surface area contributed by atoms with Crippen molar-refractivity contribution in [3.05, 3.63) is 54.1 Å². The maximum atomic E-state index is 12.7. The van der Waals surface area contributed by atoms with Gasteiger partial charge in [-0.25, -0.2) is 4.79 Å². The number of hydrogen-bond donors (Lipinski definition) is 2. The van der Waals surface area contributed by atoms with Crippen molar-refractivity contribution >= 4 is 29.1 Å². The zero-order valence-corrected chi connectivity index (χ0v) is 16.3. The van der Waals surface area contributed by atoms with E-state index in [0.717, 1.165) is 31.9 Å². The van der Waals surface area contributed by atoms with Gasteiger partial charge < -0.3 is 19.9 Å². The summed E-state index contributed by atoms with van der Waals surface area (Å²) in [5.41, 5.74) is 2.63. The highest BCUT2D eigenvalue weighted by Crippen LogP contribution is 2.21. The number of anilines is 3. The van der Waals surface area contributed by atoms with Gasteiger partial charge in [0.25, 0.3) is 5.91 Å². The average molecular weight is 382 g/mol. The van der Waals surface area contributed by atoms with Crippen molar-refractivity contribution < 1.29 is 14.3 Å². The Hall–Kier alpha value is -3.06. The van der Waals surface area contributed by atoms with Crippen molar-refractivity contribution in [2.45, 2.75) is 6.92 Å². The smallest absolute Gasteiger partial charge is 0.411 e. The molecule has 0 atom stereocenters. The number of carbonyl (C=O) groups excluding carboxylic acids is 2. The summed E-state index contributed by atoms with van der Waals surface area (Å²) in [5, 5.41) is 5.48. The van der Waals surface area contributed by atoms with Crippen LogP contribution in [0.5, 0.6) is 0 Å². The number of piperazine rings is 1. The largest absolute Gasteiger partial charge is 0.450 e. The van der Waals surface area contributed by atoms with Crippen LogP contribution >= 0.6 is 0 Å². The van der Waals surface area contributed by atoms with Gasteiger partial charge in [-0.05, 0) is 50.4 Å². The second-order valence-electron chi connectivity index (χ2n) is 6.68. The van der Waals surface area contributed by atoms with Crippen LogP contribution in [-0.4, -0.2) is 56.7 Å². The first kappa shape index (κ1) is 19.7. The zero-order valence-electron chi connectivity index (χ0n) is 16.3. The van der Waals surface area contributed by atoms with Gasteiger partial charge in [0, 0.05) is 37.6 Å². The number of likely N-dealkylation sites (N-methyl/N-ethyl adjacent to an activating group) is 1. The summed E-state index contributed by atoms with van der Waals surface area (Å²) < 4.78 is 4.89. The fraction of sp³-hybridized carbons (Fsp3) is 0.333. The molecule has 1 aliphatic heterocycles. The van der Waals surface area contributed by atoms with E-state index in [0.29, 0.717) is 16.9 Å². The molecule has 0 bridgehead atoms. The molecule has 1 heterocycles. The molecule has 0 radical (unpaired) electrons. The van der Waals surface area contributed by atoms with E-state index in [2.05, 4.69) is 27.5 Å². The van der Waals surface area contributed by atoms with E-state index in [1.165, 1.54) is 0 Å². The van der Waals surface area contributed by atoms with Gasteiger partial charge in [0.05, 0.1) is 17.9 Å². The van der Waals surface area contributed by atoms with Gasteiger partial charge in [-0.2, -0.15) is 0 Å².